The maximum absolute atomic E-state index is 13.1. The Hall–Kier alpha value is -1.94. The van der Waals surface area contributed by atoms with Gasteiger partial charge in [-0.05, 0) is 49.4 Å². The Morgan fingerprint density at radius 2 is 0.500 bits per heavy atom. The summed E-state index contributed by atoms with van der Waals surface area (Å²) in [6, 6.07) is 0. The fourth-order valence-corrected chi connectivity index (χ4v) is 13.2. The predicted octanol–water partition coefficient (Wildman–Crippen LogP) is 22.4. The average molecular weight is 1410 g/mol. The van der Waals surface area contributed by atoms with E-state index in [4.69, 9.17) is 37.0 Å². The van der Waals surface area contributed by atoms with E-state index in [0.29, 0.717) is 25.7 Å². The second-order valence-corrected chi connectivity index (χ2v) is 32.1. The predicted molar refractivity (Wildman–Crippen MR) is 391 cm³/mol. The Bertz CT molecular complexity index is 1890. The molecule has 3 N–H and O–H groups in total. The molecule has 0 saturated heterocycles. The summed E-state index contributed by atoms with van der Waals surface area (Å²) in [5.74, 6) is 0.983. The summed E-state index contributed by atoms with van der Waals surface area (Å²) in [4.78, 5) is 72.8. The van der Waals surface area contributed by atoms with Crippen LogP contribution in [0.5, 0.6) is 0 Å². The van der Waals surface area contributed by atoms with E-state index in [9.17, 15) is 43.2 Å². The van der Waals surface area contributed by atoms with E-state index in [-0.39, 0.29) is 25.7 Å². The summed E-state index contributed by atoms with van der Waals surface area (Å²) in [7, 11) is -9.91. The summed E-state index contributed by atoms with van der Waals surface area (Å²) >= 11 is 0. The Labute approximate surface area is 588 Å². The van der Waals surface area contributed by atoms with Gasteiger partial charge in [0.2, 0.25) is 0 Å². The number of hydrogen-bond acceptors (Lipinski definition) is 15. The molecule has 0 aliphatic rings. The number of ether oxygens (including phenoxy) is 4. The number of phosphoric acid groups is 2. The van der Waals surface area contributed by atoms with Gasteiger partial charge in [0, 0.05) is 25.7 Å². The van der Waals surface area contributed by atoms with Crippen molar-refractivity contribution in [1.29, 1.82) is 0 Å². The van der Waals surface area contributed by atoms with Gasteiger partial charge in [0.05, 0.1) is 26.4 Å². The number of carbonyl (C=O) groups excluding carboxylic acids is 4. The number of unbranched alkanes of at least 4 members (excludes halogenated alkanes) is 38. The second-order valence-electron chi connectivity index (χ2n) is 29.2. The zero-order valence-electron chi connectivity index (χ0n) is 63.0. The minimum Gasteiger partial charge on any atom is -0.462 e. The van der Waals surface area contributed by atoms with Crippen molar-refractivity contribution in [2.75, 3.05) is 39.6 Å². The molecule has 0 radical (unpaired) electrons. The maximum atomic E-state index is 13.1. The molecule has 0 aliphatic heterocycles. The normalized spacial score (nSPS) is 14.7. The van der Waals surface area contributed by atoms with Gasteiger partial charge >= 0.3 is 39.5 Å². The fourth-order valence-electron chi connectivity index (χ4n) is 11.7. The molecular weight excluding hydrogens is 1260 g/mol. The van der Waals surface area contributed by atoms with Crippen LogP contribution in [0.3, 0.4) is 0 Å². The highest BCUT2D eigenvalue weighted by Crippen LogP contribution is 2.45. The van der Waals surface area contributed by atoms with Crippen molar-refractivity contribution in [3.63, 3.8) is 0 Å². The largest absolute Gasteiger partial charge is 0.472 e. The summed E-state index contributed by atoms with van der Waals surface area (Å²) in [5, 5.41) is 10.6. The van der Waals surface area contributed by atoms with Crippen molar-refractivity contribution in [3.8, 4) is 0 Å². The molecule has 17 nitrogen and oxygen atoms in total. The van der Waals surface area contributed by atoms with Crippen molar-refractivity contribution in [2.45, 2.75) is 408 Å². The van der Waals surface area contributed by atoms with E-state index in [1.165, 1.54) is 186 Å². The van der Waals surface area contributed by atoms with Crippen LogP contribution in [-0.4, -0.2) is 96.7 Å². The van der Waals surface area contributed by atoms with Crippen molar-refractivity contribution < 1.29 is 80.2 Å². The molecule has 570 valence electrons. The van der Waals surface area contributed by atoms with Gasteiger partial charge in [0.1, 0.15) is 19.3 Å². The third-order valence-corrected chi connectivity index (χ3v) is 20.4. The summed E-state index contributed by atoms with van der Waals surface area (Å²) in [6.45, 7) is 14.2. The zero-order valence-corrected chi connectivity index (χ0v) is 64.8. The molecule has 96 heavy (non-hydrogen) atoms. The SMILES string of the molecule is CCC(C)CCCCCCCCCCCCCCCCC(=O)OC[C@H](COP(=O)(O)OC[C@@H](O)COP(=O)(O)OC[C@@H](COC(=O)CCCCCCCCC(C)CC)OC(=O)CCCCCCCCCCCC(C)C)OC(=O)CCCCCCCCCCCCCCCC(C)C. The van der Waals surface area contributed by atoms with Gasteiger partial charge in [-0.1, -0.05) is 338 Å². The lowest BCUT2D eigenvalue weighted by atomic mass is 9.99. The van der Waals surface area contributed by atoms with Gasteiger partial charge in [0.15, 0.2) is 12.2 Å². The number of phosphoric ester groups is 2. The van der Waals surface area contributed by atoms with Crippen LogP contribution in [0.2, 0.25) is 0 Å². The quantitative estimate of drug-likeness (QED) is 0.0222. The van der Waals surface area contributed by atoms with Crippen LogP contribution in [0.15, 0.2) is 0 Å². The molecule has 0 aromatic heterocycles. The smallest absolute Gasteiger partial charge is 0.462 e. The first-order chi connectivity index (χ1) is 46.2. The third-order valence-electron chi connectivity index (χ3n) is 18.5. The Morgan fingerprint density at radius 1 is 0.292 bits per heavy atom. The highest BCUT2D eigenvalue weighted by Gasteiger charge is 2.30. The monoisotopic (exact) mass is 1410 g/mol. The number of esters is 4. The first kappa shape index (κ1) is 94.1. The molecule has 7 atom stereocenters. The van der Waals surface area contributed by atoms with Gasteiger partial charge in [-0.25, -0.2) is 9.13 Å². The van der Waals surface area contributed by atoms with Crippen molar-refractivity contribution in [2.24, 2.45) is 23.7 Å². The van der Waals surface area contributed by atoms with Crippen LogP contribution < -0.4 is 0 Å². The van der Waals surface area contributed by atoms with Crippen LogP contribution in [0, 0.1) is 23.7 Å². The molecule has 0 heterocycles. The highest BCUT2D eigenvalue weighted by atomic mass is 31.2. The number of aliphatic hydroxyl groups is 1. The van der Waals surface area contributed by atoms with Gasteiger partial charge in [-0.15, -0.1) is 0 Å². The highest BCUT2D eigenvalue weighted by molar-refractivity contribution is 7.47. The minimum absolute atomic E-state index is 0.104. The number of rotatable bonds is 74. The molecule has 19 heteroatoms. The van der Waals surface area contributed by atoms with Gasteiger partial charge in [-0.2, -0.15) is 0 Å². The van der Waals surface area contributed by atoms with Crippen LogP contribution in [-0.2, 0) is 65.4 Å². The van der Waals surface area contributed by atoms with Gasteiger partial charge in [0.25, 0.3) is 0 Å². The zero-order chi connectivity index (χ0) is 71.0. The van der Waals surface area contributed by atoms with Crippen molar-refractivity contribution >= 4 is 39.5 Å². The lowest BCUT2D eigenvalue weighted by molar-refractivity contribution is -0.161. The maximum Gasteiger partial charge on any atom is 0.472 e. The molecule has 0 saturated carbocycles. The number of hydrogen-bond donors (Lipinski definition) is 3. The summed E-state index contributed by atoms with van der Waals surface area (Å²) in [6.07, 6.45) is 51.3. The lowest BCUT2D eigenvalue weighted by Gasteiger charge is -2.21. The molecule has 0 aromatic rings. The summed E-state index contributed by atoms with van der Waals surface area (Å²) < 4.78 is 68.6. The van der Waals surface area contributed by atoms with Crippen LogP contribution >= 0.6 is 15.6 Å². The molecule has 0 spiro atoms. The van der Waals surface area contributed by atoms with Gasteiger partial charge < -0.3 is 33.8 Å². The lowest BCUT2D eigenvalue weighted by Crippen LogP contribution is -2.30. The fraction of sp³-hybridized carbons (Fsp3) is 0.948. The first-order valence-electron chi connectivity index (χ1n) is 39.8. The Kier molecular flexibility index (Phi) is 65.0. The molecule has 0 amide bonds. The van der Waals surface area contributed by atoms with E-state index in [1.54, 1.807) is 0 Å². The third kappa shape index (κ3) is 67.9. The van der Waals surface area contributed by atoms with Crippen LogP contribution in [0.25, 0.3) is 0 Å². The van der Waals surface area contributed by atoms with E-state index in [2.05, 4.69) is 55.4 Å². The van der Waals surface area contributed by atoms with E-state index >= 15 is 0 Å². The van der Waals surface area contributed by atoms with E-state index < -0.39 is 97.5 Å². The molecule has 0 aromatic carbocycles. The van der Waals surface area contributed by atoms with Crippen LogP contribution in [0.1, 0.15) is 389 Å². The van der Waals surface area contributed by atoms with Crippen molar-refractivity contribution in [1.82, 2.24) is 0 Å². The number of aliphatic hydroxyl groups excluding tert-OH is 1. The Balaban J connectivity index is 5.25. The van der Waals surface area contributed by atoms with Crippen LogP contribution in [0.4, 0.5) is 0 Å². The van der Waals surface area contributed by atoms with E-state index in [1.807, 2.05) is 0 Å². The molecule has 0 fully saturated rings. The second kappa shape index (κ2) is 66.3. The number of carbonyl (C=O) groups is 4. The molecule has 0 bridgehead atoms. The molecule has 0 aliphatic carbocycles. The Morgan fingerprint density at radius 3 is 0.740 bits per heavy atom. The molecular formula is C77H150O17P2. The van der Waals surface area contributed by atoms with Gasteiger partial charge in [-0.3, -0.25) is 37.3 Å². The minimum atomic E-state index is -4.96. The standard InChI is InChI=1S/C77H150O17P2/c1-9-69(7)55-47-39-31-25-19-15-11-12-16-20-26-32-41-49-57-74(79)87-63-72(93-76(81)59-51-43-33-27-21-17-13-14-18-23-29-37-45-53-67(3)4)65-91-95(83,84)89-61-71(78)62-90-96(85,86)92-66-73(64-88-75(80)58-50-42-36-35-40-48-56-70(8)10-2)94-77(82)60-52-44-34-28-22-24-30-38-46-54-68(5)6/h67-73,78H,9-66H2,1-8H3,(H,83,84)(H,85,86)/t69?,70?,71-,72-,73-/m1/s1. The molecule has 4 unspecified atom stereocenters. The average Bonchev–Trinajstić information content (AvgIpc) is 1.61. The molecule has 0 rings (SSSR count). The van der Waals surface area contributed by atoms with Crippen molar-refractivity contribution in [3.05, 3.63) is 0 Å². The summed E-state index contributed by atoms with van der Waals surface area (Å²) in [5.41, 5.74) is 0. The topological polar surface area (TPSA) is 237 Å². The first-order valence-corrected chi connectivity index (χ1v) is 42.8. The van der Waals surface area contributed by atoms with E-state index in [0.717, 1.165) is 120 Å².